The molecule has 1 heterocycles. The maximum atomic E-state index is 9.17. The van der Waals surface area contributed by atoms with E-state index in [1.807, 2.05) is 0 Å². The molecular formula is C16H32N2O. The van der Waals surface area contributed by atoms with Gasteiger partial charge in [0, 0.05) is 19.2 Å². The average molecular weight is 268 g/mol. The molecule has 1 aliphatic carbocycles. The van der Waals surface area contributed by atoms with Crippen LogP contribution in [0.15, 0.2) is 0 Å². The molecule has 19 heavy (non-hydrogen) atoms. The summed E-state index contributed by atoms with van der Waals surface area (Å²) in [5, 5.41) is 12.8. The standard InChI is InChI=1S/C16H32N2O/c1-2-10-17-15(5-13-19)14-18-11-8-16(9-12-18)6-3-4-7-16/h15,17,19H,2-14H2,1H3. The fraction of sp³-hybridized carbons (Fsp3) is 1.00. The highest BCUT2D eigenvalue weighted by molar-refractivity contribution is 4.90. The summed E-state index contributed by atoms with van der Waals surface area (Å²) >= 11 is 0. The van der Waals surface area contributed by atoms with Crippen molar-refractivity contribution in [2.75, 3.05) is 32.8 Å². The molecule has 3 nitrogen and oxygen atoms in total. The van der Waals surface area contributed by atoms with Gasteiger partial charge in [-0.2, -0.15) is 0 Å². The summed E-state index contributed by atoms with van der Waals surface area (Å²) in [4.78, 5) is 2.62. The molecule has 0 radical (unpaired) electrons. The van der Waals surface area contributed by atoms with E-state index < -0.39 is 0 Å². The van der Waals surface area contributed by atoms with E-state index >= 15 is 0 Å². The number of aliphatic hydroxyl groups is 1. The van der Waals surface area contributed by atoms with E-state index in [4.69, 9.17) is 0 Å². The molecule has 1 saturated heterocycles. The van der Waals surface area contributed by atoms with Gasteiger partial charge >= 0.3 is 0 Å². The molecule has 0 amide bonds. The largest absolute Gasteiger partial charge is 0.396 e. The fourth-order valence-electron chi connectivity index (χ4n) is 3.91. The zero-order valence-electron chi connectivity index (χ0n) is 12.7. The highest BCUT2D eigenvalue weighted by Gasteiger charge is 2.36. The van der Waals surface area contributed by atoms with Crippen molar-refractivity contribution in [3.8, 4) is 0 Å². The summed E-state index contributed by atoms with van der Waals surface area (Å²) in [6.45, 7) is 7.25. The number of hydrogen-bond acceptors (Lipinski definition) is 3. The van der Waals surface area contributed by atoms with E-state index in [0.717, 1.165) is 24.9 Å². The number of nitrogens with zero attached hydrogens (tertiary/aromatic N) is 1. The van der Waals surface area contributed by atoms with Crippen molar-refractivity contribution >= 4 is 0 Å². The van der Waals surface area contributed by atoms with Gasteiger partial charge in [0.25, 0.3) is 0 Å². The van der Waals surface area contributed by atoms with Crippen LogP contribution < -0.4 is 5.32 Å². The summed E-state index contributed by atoms with van der Waals surface area (Å²) in [6.07, 6.45) is 10.8. The van der Waals surface area contributed by atoms with Gasteiger partial charge in [-0.3, -0.25) is 0 Å². The van der Waals surface area contributed by atoms with Crippen LogP contribution in [-0.2, 0) is 0 Å². The first-order valence-corrected chi connectivity index (χ1v) is 8.34. The van der Waals surface area contributed by atoms with Crippen LogP contribution in [0.5, 0.6) is 0 Å². The summed E-state index contributed by atoms with van der Waals surface area (Å²) < 4.78 is 0. The van der Waals surface area contributed by atoms with E-state index in [0.29, 0.717) is 12.6 Å². The number of likely N-dealkylation sites (tertiary alicyclic amines) is 1. The van der Waals surface area contributed by atoms with Crippen molar-refractivity contribution in [3.63, 3.8) is 0 Å². The minimum absolute atomic E-state index is 0.305. The third-order valence-corrected chi connectivity index (χ3v) is 5.22. The third-order valence-electron chi connectivity index (χ3n) is 5.22. The molecule has 2 aliphatic rings. The van der Waals surface area contributed by atoms with Gasteiger partial charge in [0.05, 0.1) is 0 Å². The molecule has 2 fully saturated rings. The molecule has 0 aromatic carbocycles. The Morgan fingerprint density at radius 2 is 1.84 bits per heavy atom. The van der Waals surface area contributed by atoms with Crippen LogP contribution in [0.25, 0.3) is 0 Å². The maximum Gasteiger partial charge on any atom is 0.0446 e. The Morgan fingerprint density at radius 3 is 2.42 bits per heavy atom. The summed E-state index contributed by atoms with van der Waals surface area (Å²) in [5.41, 5.74) is 0.722. The second kappa shape index (κ2) is 7.61. The minimum atomic E-state index is 0.305. The third kappa shape index (κ3) is 4.44. The Hall–Kier alpha value is -0.120. The van der Waals surface area contributed by atoms with Crippen molar-refractivity contribution in [3.05, 3.63) is 0 Å². The quantitative estimate of drug-likeness (QED) is 0.744. The average Bonchev–Trinajstić information content (AvgIpc) is 2.88. The first kappa shape index (κ1) is 15.3. The number of piperidine rings is 1. The lowest BCUT2D eigenvalue weighted by Gasteiger charge is -2.40. The molecule has 0 bridgehead atoms. The smallest absolute Gasteiger partial charge is 0.0446 e. The zero-order valence-corrected chi connectivity index (χ0v) is 12.7. The van der Waals surface area contributed by atoms with Gasteiger partial charge in [-0.25, -0.2) is 0 Å². The van der Waals surface area contributed by atoms with E-state index in [9.17, 15) is 5.11 Å². The number of aliphatic hydroxyl groups excluding tert-OH is 1. The first-order valence-electron chi connectivity index (χ1n) is 8.34. The van der Waals surface area contributed by atoms with Gasteiger partial charge in [-0.15, -0.1) is 0 Å². The first-order chi connectivity index (χ1) is 9.28. The van der Waals surface area contributed by atoms with Crippen LogP contribution in [0.1, 0.15) is 58.3 Å². The minimum Gasteiger partial charge on any atom is -0.396 e. The van der Waals surface area contributed by atoms with Crippen LogP contribution in [0.2, 0.25) is 0 Å². The van der Waals surface area contributed by atoms with Crippen LogP contribution in [0, 0.1) is 5.41 Å². The summed E-state index contributed by atoms with van der Waals surface area (Å²) in [6, 6.07) is 0.475. The van der Waals surface area contributed by atoms with Crippen molar-refractivity contribution in [1.29, 1.82) is 0 Å². The lowest BCUT2D eigenvalue weighted by molar-refractivity contribution is 0.0967. The van der Waals surface area contributed by atoms with Gasteiger partial charge < -0.3 is 15.3 Å². The number of rotatable bonds is 7. The molecule has 112 valence electrons. The molecule has 3 heteroatoms. The second-order valence-electron chi connectivity index (χ2n) is 6.67. The normalized spacial score (nSPS) is 24.9. The molecular weight excluding hydrogens is 236 g/mol. The lowest BCUT2D eigenvalue weighted by Crippen LogP contribution is -2.46. The second-order valence-corrected chi connectivity index (χ2v) is 6.67. The molecule has 0 aromatic heterocycles. The SMILES string of the molecule is CCCNC(CCO)CN1CCC2(CCCC2)CC1. The molecule has 1 saturated carbocycles. The van der Waals surface area contributed by atoms with Crippen LogP contribution in [-0.4, -0.2) is 48.8 Å². The summed E-state index contributed by atoms with van der Waals surface area (Å²) in [5.74, 6) is 0. The number of nitrogens with one attached hydrogen (secondary N) is 1. The van der Waals surface area contributed by atoms with Crippen molar-refractivity contribution < 1.29 is 5.11 Å². The molecule has 2 rings (SSSR count). The van der Waals surface area contributed by atoms with Gasteiger partial charge in [-0.1, -0.05) is 19.8 Å². The van der Waals surface area contributed by atoms with Gasteiger partial charge in [0.15, 0.2) is 0 Å². The van der Waals surface area contributed by atoms with E-state index in [-0.39, 0.29) is 0 Å². The zero-order chi connectivity index (χ0) is 13.6. The molecule has 2 N–H and O–H groups in total. The fourth-order valence-corrected chi connectivity index (χ4v) is 3.91. The Morgan fingerprint density at radius 1 is 1.16 bits per heavy atom. The molecule has 0 aromatic rings. The van der Waals surface area contributed by atoms with E-state index in [2.05, 4.69) is 17.1 Å². The van der Waals surface area contributed by atoms with E-state index in [1.165, 1.54) is 58.0 Å². The Balaban J connectivity index is 1.73. The Bertz CT molecular complexity index is 241. The predicted molar refractivity (Wildman–Crippen MR) is 80.4 cm³/mol. The van der Waals surface area contributed by atoms with Crippen molar-refractivity contribution in [2.45, 2.75) is 64.3 Å². The van der Waals surface area contributed by atoms with Crippen LogP contribution in [0.3, 0.4) is 0 Å². The van der Waals surface area contributed by atoms with Crippen LogP contribution in [0.4, 0.5) is 0 Å². The molecule has 1 atom stereocenters. The highest BCUT2D eigenvalue weighted by atomic mass is 16.3. The van der Waals surface area contributed by atoms with Crippen molar-refractivity contribution in [1.82, 2.24) is 10.2 Å². The lowest BCUT2D eigenvalue weighted by atomic mass is 9.77. The Labute approximate surface area is 118 Å². The van der Waals surface area contributed by atoms with Crippen molar-refractivity contribution in [2.24, 2.45) is 5.41 Å². The van der Waals surface area contributed by atoms with E-state index in [1.54, 1.807) is 0 Å². The predicted octanol–water partition coefficient (Wildman–Crippen LogP) is 2.39. The molecule has 1 spiro atoms. The monoisotopic (exact) mass is 268 g/mol. The van der Waals surface area contributed by atoms with Crippen LogP contribution >= 0.6 is 0 Å². The number of hydrogen-bond donors (Lipinski definition) is 2. The summed E-state index contributed by atoms with van der Waals surface area (Å²) in [7, 11) is 0. The molecule has 1 aliphatic heterocycles. The van der Waals surface area contributed by atoms with Gasteiger partial charge in [0.1, 0.15) is 0 Å². The topological polar surface area (TPSA) is 35.5 Å². The Kier molecular flexibility index (Phi) is 6.11. The van der Waals surface area contributed by atoms with Gasteiger partial charge in [-0.05, 0) is 63.6 Å². The highest BCUT2D eigenvalue weighted by Crippen LogP contribution is 2.46. The van der Waals surface area contributed by atoms with Gasteiger partial charge in [0.2, 0.25) is 0 Å². The molecule has 1 unspecified atom stereocenters. The maximum absolute atomic E-state index is 9.17.